The summed E-state index contributed by atoms with van der Waals surface area (Å²) in [6, 6.07) is 17.0. The maximum atomic E-state index is 11.5. The van der Waals surface area contributed by atoms with Gasteiger partial charge < -0.3 is 5.11 Å². The average Bonchev–Trinajstić information content (AvgIpc) is 2.65. The second kappa shape index (κ2) is 9.50. The van der Waals surface area contributed by atoms with Crippen molar-refractivity contribution in [3.63, 3.8) is 0 Å². The Morgan fingerprint density at radius 2 is 1.69 bits per heavy atom. The van der Waals surface area contributed by atoms with Crippen molar-refractivity contribution < 1.29 is 5.11 Å². The van der Waals surface area contributed by atoms with E-state index in [-0.39, 0.29) is 12.4 Å². The minimum Gasteiger partial charge on any atom is -0.379 e. The zero-order valence-electron chi connectivity index (χ0n) is 15.8. The molecule has 26 heavy (non-hydrogen) atoms. The van der Waals surface area contributed by atoms with Crippen LogP contribution in [0.4, 0.5) is 0 Å². The number of pyridine rings is 1. The van der Waals surface area contributed by atoms with Gasteiger partial charge in [0.15, 0.2) is 0 Å². The van der Waals surface area contributed by atoms with Crippen molar-refractivity contribution in [2.24, 2.45) is 0 Å². The van der Waals surface area contributed by atoms with Crippen LogP contribution < -0.4 is 0 Å². The Morgan fingerprint density at radius 3 is 2.31 bits per heavy atom. The molecule has 0 spiro atoms. The van der Waals surface area contributed by atoms with Gasteiger partial charge in [0, 0.05) is 18.3 Å². The number of aliphatic hydroxyl groups is 1. The maximum absolute atomic E-state index is 11.5. The standard InChI is InChI=1S/C22H30N2O.ClH/c1-18-10-8-11-19(2)24(18)17-9-15-22(25,20-12-4-3-5-13-20)21-14-6-7-16-23-21;/h3-7,12-14,16,18-19,25H,8-11,15,17H2,1-2H3;1H/t18-,19?,22?;/m0./s1. The normalized spacial score (nSPS) is 23.0. The van der Waals surface area contributed by atoms with Crippen molar-refractivity contribution in [3.05, 3.63) is 66.0 Å². The van der Waals surface area contributed by atoms with Crippen LogP contribution in [0.15, 0.2) is 54.7 Å². The molecule has 1 aliphatic heterocycles. The molecule has 1 aromatic carbocycles. The molecule has 1 aliphatic rings. The third kappa shape index (κ3) is 4.64. The van der Waals surface area contributed by atoms with Crippen LogP contribution >= 0.6 is 12.4 Å². The fourth-order valence-corrected chi connectivity index (χ4v) is 4.17. The predicted octanol–water partition coefficient (Wildman–Crippen LogP) is 4.78. The largest absolute Gasteiger partial charge is 0.379 e. The Morgan fingerprint density at radius 1 is 1.04 bits per heavy atom. The van der Waals surface area contributed by atoms with Crippen molar-refractivity contribution in [1.29, 1.82) is 0 Å². The van der Waals surface area contributed by atoms with Gasteiger partial charge in [-0.1, -0.05) is 42.8 Å². The topological polar surface area (TPSA) is 36.4 Å². The van der Waals surface area contributed by atoms with Crippen molar-refractivity contribution in [1.82, 2.24) is 9.88 Å². The highest BCUT2D eigenvalue weighted by atomic mass is 35.5. The molecular formula is C22H31ClN2O. The maximum Gasteiger partial charge on any atom is 0.131 e. The Balaban J connectivity index is 0.00000243. The summed E-state index contributed by atoms with van der Waals surface area (Å²) in [5.74, 6) is 0. The number of hydrogen-bond donors (Lipinski definition) is 1. The number of rotatable bonds is 6. The molecular weight excluding hydrogens is 344 g/mol. The van der Waals surface area contributed by atoms with Gasteiger partial charge in [0.25, 0.3) is 0 Å². The zero-order chi connectivity index (χ0) is 17.7. The van der Waals surface area contributed by atoms with E-state index >= 15 is 0 Å². The molecule has 2 aromatic rings. The van der Waals surface area contributed by atoms with Gasteiger partial charge in [-0.05, 0) is 63.8 Å². The van der Waals surface area contributed by atoms with Crippen LogP contribution in [0.25, 0.3) is 0 Å². The highest BCUT2D eigenvalue weighted by Crippen LogP contribution is 2.33. The number of aromatic nitrogens is 1. The highest BCUT2D eigenvalue weighted by Gasteiger charge is 2.33. The Labute approximate surface area is 163 Å². The smallest absolute Gasteiger partial charge is 0.131 e. The molecule has 0 radical (unpaired) electrons. The third-order valence-corrected chi connectivity index (χ3v) is 5.67. The summed E-state index contributed by atoms with van der Waals surface area (Å²) < 4.78 is 0. The second-order valence-corrected chi connectivity index (χ2v) is 7.41. The first-order valence-corrected chi connectivity index (χ1v) is 9.56. The number of halogens is 1. The van der Waals surface area contributed by atoms with E-state index in [1.807, 2.05) is 48.5 Å². The van der Waals surface area contributed by atoms with E-state index in [1.165, 1.54) is 19.3 Å². The van der Waals surface area contributed by atoms with E-state index in [1.54, 1.807) is 6.20 Å². The van der Waals surface area contributed by atoms with Crippen LogP contribution in [-0.2, 0) is 5.60 Å². The molecule has 3 atom stereocenters. The lowest BCUT2D eigenvalue weighted by Crippen LogP contribution is -2.44. The molecule has 0 amide bonds. The number of likely N-dealkylation sites (tertiary alicyclic amines) is 1. The van der Waals surface area contributed by atoms with E-state index in [0.29, 0.717) is 18.5 Å². The highest BCUT2D eigenvalue weighted by molar-refractivity contribution is 5.85. The molecule has 2 heterocycles. The van der Waals surface area contributed by atoms with Crippen molar-refractivity contribution in [2.45, 2.75) is 63.6 Å². The van der Waals surface area contributed by atoms with Gasteiger partial charge in [0.1, 0.15) is 5.60 Å². The Bertz CT molecular complexity index is 600. The fraction of sp³-hybridized carbons (Fsp3) is 0.500. The lowest BCUT2D eigenvalue weighted by atomic mass is 9.85. The molecule has 1 aromatic heterocycles. The Hall–Kier alpha value is -1.42. The number of hydrogen-bond acceptors (Lipinski definition) is 3. The lowest BCUT2D eigenvalue weighted by Gasteiger charge is -2.39. The van der Waals surface area contributed by atoms with Gasteiger partial charge in [-0.3, -0.25) is 9.88 Å². The summed E-state index contributed by atoms with van der Waals surface area (Å²) >= 11 is 0. The van der Waals surface area contributed by atoms with Gasteiger partial charge in [0.05, 0.1) is 5.69 Å². The molecule has 2 unspecified atom stereocenters. The molecule has 4 heteroatoms. The first-order valence-electron chi connectivity index (χ1n) is 9.56. The van der Waals surface area contributed by atoms with Gasteiger partial charge >= 0.3 is 0 Å². The molecule has 0 saturated carbocycles. The monoisotopic (exact) mass is 374 g/mol. The first-order chi connectivity index (χ1) is 12.1. The summed E-state index contributed by atoms with van der Waals surface area (Å²) in [6.07, 6.45) is 7.31. The molecule has 1 N–H and O–H groups in total. The van der Waals surface area contributed by atoms with E-state index in [9.17, 15) is 5.11 Å². The number of benzene rings is 1. The summed E-state index contributed by atoms with van der Waals surface area (Å²) in [5.41, 5.74) is 0.638. The van der Waals surface area contributed by atoms with E-state index < -0.39 is 5.60 Å². The molecule has 0 aliphatic carbocycles. The second-order valence-electron chi connectivity index (χ2n) is 7.41. The molecule has 0 bridgehead atoms. The van der Waals surface area contributed by atoms with Crippen LogP contribution in [-0.4, -0.2) is 33.6 Å². The summed E-state index contributed by atoms with van der Waals surface area (Å²) in [7, 11) is 0. The minimum atomic E-state index is -1.02. The Kier molecular flexibility index (Phi) is 7.63. The van der Waals surface area contributed by atoms with Crippen LogP contribution in [0, 0.1) is 0 Å². The van der Waals surface area contributed by atoms with E-state index in [0.717, 1.165) is 24.2 Å². The third-order valence-electron chi connectivity index (χ3n) is 5.67. The van der Waals surface area contributed by atoms with E-state index in [2.05, 4.69) is 23.7 Å². The molecule has 1 saturated heterocycles. The van der Waals surface area contributed by atoms with Crippen molar-refractivity contribution in [3.8, 4) is 0 Å². The van der Waals surface area contributed by atoms with Crippen LogP contribution in [0.2, 0.25) is 0 Å². The number of nitrogens with zero attached hydrogens (tertiary/aromatic N) is 2. The van der Waals surface area contributed by atoms with E-state index in [4.69, 9.17) is 0 Å². The first kappa shape index (κ1) is 20.9. The average molecular weight is 375 g/mol. The quantitative estimate of drug-likeness (QED) is 0.790. The summed E-state index contributed by atoms with van der Waals surface area (Å²) in [6.45, 7) is 5.69. The fourth-order valence-electron chi connectivity index (χ4n) is 4.17. The van der Waals surface area contributed by atoms with Crippen molar-refractivity contribution in [2.75, 3.05) is 6.54 Å². The molecule has 3 nitrogen and oxygen atoms in total. The van der Waals surface area contributed by atoms with Gasteiger partial charge in [-0.2, -0.15) is 0 Å². The molecule has 1 fully saturated rings. The van der Waals surface area contributed by atoms with Crippen LogP contribution in [0.1, 0.15) is 57.2 Å². The van der Waals surface area contributed by atoms with Crippen LogP contribution in [0.5, 0.6) is 0 Å². The lowest BCUT2D eigenvalue weighted by molar-refractivity contribution is 0.0489. The molecule has 3 rings (SSSR count). The molecule has 142 valence electrons. The van der Waals surface area contributed by atoms with Gasteiger partial charge in [-0.15, -0.1) is 12.4 Å². The number of piperidine rings is 1. The van der Waals surface area contributed by atoms with Gasteiger partial charge in [0.2, 0.25) is 0 Å². The van der Waals surface area contributed by atoms with Crippen molar-refractivity contribution >= 4 is 12.4 Å². The van der Waals surface area contributed by atoms with Crippen LogP contribution in [0.3, 0.4) is 0 Å². The predicted molar refractivity (Wildman–Crippen MR) is 110 cm³/mol. The SMILES string of the molecule is CC1CCC[C@H](C)N1CCCC(O)(c1ccccc1)c1ccccn1.Cl. The summed E-state index contributed by atoms with van der Waals surface area (Å²) in [5, 5.41) is 11.5. The minimum absolute atomic E-state index is 0. The zero-order valence-corrected chi connectivity index (χ0v) is 16.7. The summed E-state index contributed by atoms with van der Waals surface area (Å²) in [4.78, 5) is 7.06. The van der Waals surface area contributed by atoms with Gasteiger partial charge in [-0.25, -0.2) is 0 Å².